The lowest BCUT2D eigenvalue weighted by Gasteiger charge is -2.24. The van der Waals surface area contributed by atoms with Gasteiger partial charge in [-0.2, -0.15) is 0 Å². The van der Waals surface area contributed by atoms with E-state index in [1.54, 1.807) is 0 Å². The van der Waals surface area contributed by atoms with Crippen molar-refractivity contribution in [2.45, 2.75) is 44.4 Å². The van der Waals surface area contributed by atoms with Crippen molar-refractivity contribution in [1.29, 1.82) is 0 Å². The van der Waals surface area contributed by atoms with Gasteiger partial charge in [0.25, 0.3) is 0 Å². The first-order valence-corrected chi connectivity index (χ1v) is 10.6. The second kappa shape index (κ2) is 11.2. The fourth-order valence-corrected chi connectivity index (χ4v) is 3.62. The monoisotopic (exact) mass is 420 g/mol. The van der Waals surface area contributed by atoms with Crippen LogP contribution in [0, 0.1) is 0 Å². The topological polar surface area (TPSA) is 57.2 Å². The maximum atomic E-state index is 10.5. The maximum Gasteiger partial charge on any atom is 0.184 e. The van der Waals surface area contributed by atoms with E-state index in [1.165, 1.54) is 0 Å². The molecule has 0 saturated carbocycles. The van der Waals surface area contributed by atoms with Gasteiger partial charge in [0.1, 0.15) is 18.3 Å². The summed E-state index contributed by atoms with van der Waals surface area (Å²) in [4.78, 5) is 0. The summed E-state index contributed by atoms with van der Waals surface area (Å²) in [7, 11) is 0. The van der Waals surface area contributed by atoms with Crippen molar-refractivity contribution in [2.75, 3.05) is 6.61 Å². The van der Waals surface area contributed by atoms with Crippen LogP contribution in [0.4, 0.5) is 0 Å². The fraction of sp³-hybridized carbons (Fsp3) is 0.308. The average Bonchev–Trinajstić information content (AvgIpc) is 3.12. The number of hydrogen-bond donors (Lipinski definition) is 1. The van der Waals surface area contributed by atoms with Gasteiger partial charge in [-0.1, -0.05) is 91.0 Å². The highest BCUT2D eigenvalue weighted by molar-refractivity contribution is 5.15. The number of aliphatic hydroxyl groups excluding tert-OH is 1. The molecular formula is C26H28O5. The van der Waals surface area contributed by atoms with E-state index in [9.17, 15) is 5.11 Å². The zero-order valence-corrected chi connectivity index (χ0v) is 17.4. The van der Waals surface area contributed by atoms with Crippen LogP contribution >= 0.6 is 0 Å². The average molecular weight is 421 g/mol. The van der Waals surface area contributed by atoms with Gasteiger partial charge in [-0.25, -0.2) is 0 Å². The molecule has 1 aliphatic rings. The van der Waals surface area contributed by atoms with Crippen molar-refractivity contribution in [2.24, 2.45) is 0 Å². The molecule has 3 aromatic rings. The Kier molecular flexibility index (Phi) is 7.82. The SMILES string of the molecule is O[C@@H]1O[C@H](COCc2ccccc2)C(OCc2ccccc2)[C@H]1OCc1ccccc1. The molecule has 5 nitrogen and oxygen atoms in total. The van der Waals surface area contributed by atoms with Gasteiger partial charge in [0, 0.05) is 0 Å². The van der Waals surface area contributed by atoms with Crippen molar-refractivity contribution >= 4 is 0 Å². The minimum atomic E-state index is -1.07. The van der Waals surface area contributed by atoms with E-state index in [0.717, 1.165) is 16.7 Å². The highest BCUT2D eigenvalue weighted by atomic mass is 16.7. The molecule has 162 valence electrons. The molecule has 0 spiro atoms. The Labute approximate surface area is 183 Å². The predicted octanol–water partition coefficient (Wildman–Crippen LogP) is 4.09. The van der Waals surface area contributed by atoms with Crippen molar-refractivity contribution in [1.82, 2.24) is 0 Å². The van der Waals surface area contributed by atoms with Crippen molar-refractivity contribution in [3.8, 4) is 0 Å². The van der Waals surface area contributed by atoms with Gasteiger partial charge in [0.05, 0.1) is 26.4 Å². The normalized spacial score (nSPS) is 23.1. The van der Waals surface area contributed by atoms with Crippen LogP contribution < -0.4 is 0 Å². The third-order valence-corrected chi connectivity index (χ3v) is 5.25. The number of aliphatic hydroxyl groups is 1. The molecule has 31 heavy (non-hydrogen) atoms. The molecule has 1 heterocycles. The van der Waals surface area contributed by atoms with Gasteiger partial charge in [-0.05, 0) is 16.7 Å². The molecule has 1 N–H and O–H groups in total. The molecule has 4 atom stereocenters. The Morgan fingerprint density at radius 1 is 0.613 bits per heavy atom. The van der Waals surface area contributed by atoms with Gasteiger partial charge in [0.15, 0.2) is 6.29 Å². The third kappa shape index (κ3) is 6.23. The maximum absolute atomic E-state index is 10.5. The van der Waals surface area contributed by atoms with Crippen molar-refractivity contribution in [3.63, 3.8) is 0 Å². The molecule has 1 fully saturated rings. The highest BCUT2D eigenvalue weighted by Gasteiger charge is 2.45. The van der Waals surface area contributed by atoms with Crippen LogP contribution in [-0.2, 0) is 38.8 Å². The summed E-state index contributed by atoms with van der Waals surface area (Å²) in [6.07, 6.45) is -2.55. The highest BCUT2D eigenvalue weighted by Crippen LogP contribution is 2.28. The van der Waals surface area contributed by atoms with Crippen LogP contribution in [0.1, 0.15) is 16.7 Å². The second-order valence-electron chi connectivity index (χ2n) is 7.59. The Hall–Kier alpha value is -2.54. The summed E-state index contributed by atoms with van der Waals surface area (Å²) in [5.74, 6) is 0. The first-order chi connectivity index (χ1) is 15.3. The van der Waals surface area contributed by atoms with Crippen LogP contribution in [0.25, 0.3) is 0 Å². The Morgan fingerprint density at radius 2 is 1.06 bits per heavy atom. The Balaban J connectivity index is 1.39. The van der Waals surface area contributed by atoms with Gasteiger partial charge in [-0.3, -0.25) is 0 Å². The van der Waals surface area contributed by atoms with E-state index in [4.69, 9.17) is 18.9 Å². The first kappa shape index (κ1) is 21.7. The van der Waals surface area contributed by atoms with Gasteiger partial charge >= 0.3 is 0 Å². The Bertz CT molecular complexity index is 887. The molecule has 4 rings (SSSR count). The molecule has 0 aliphatic carbocycles. The number of rotatable bonds is 10. The number of hydrogen-bond acceptors (Lipinski definition) is 5. The van der Waals surface area contributed by atoms with E-state index in [-0.39, 0.29) is 0 Å². The van der Waals surface area contributed by atoms with E-state index >= 15 is 0 Å². The summed E-state index contributed by atoms with van der Waals surface area (Å²) in [5.41, 5.74) is 3.16. The summed E-state index contributed by atoms with van der Waals surface area (Å²) in [6, 6.07) is 29.8. The largest absolute Gasteiger partial charge is 0.374 e. The molecule has 1 aliphatic heterocycles. The van der Waals surface area contributed by atoms with E-state index < -0.39 is 24.6 Å². The summed E-state index contributed by atoms with van der Waals surface area (Å²) >= 11 is 0. The van der Waals surface area contributed by atoms with E-state index in [1.807, 2.05) is 91.0 Å². The Morgan fingerprint density at radius 3 is 1.58 bits per heavy atom. The van der Waals surface area contributed by atoms with E-state index in [0.29, 0.717) is 26.4 Å². The molecule has 3 aromatic carbocycles. The standard InChI is InChI=1S/C26H28O5/c27-26-25(30-18-22-14-8-3-9-15-22)24(29-17-21-12-6-2-7-13-21)23(31-26)19-28-16-20-10-4-1-5-11-20/h1-15,23-27H,16-19H2/t23-,24?,25-,26-/m1/s1. The first-order valence-electron chi connectivity index (χ1n) is 10.6. The summed E-state index contributed by atoms with van der Waals surface area (Å²) in [6.45, 7) is 1.55. The third-order valence-electron chi connectivity index (χ3n) is 5.25. The smallest absolute Gasteiger partial charge is 0.184 e. The lowest BCUT2D eigenvalue weighted by Crippen LogP contribution is -2.39. The van der Waals surface area contributed by atoms with Gasteiger partial charge in [0.2, 0.25) is 0 Å². The molecule has 0 aromatic heterocycles. The molecule has 0 radical (unpaired) electrons. The van der Waals surface area contributed by atoms with Crippen LogP contribution in [0.3, 0.4) is 0 Å². The minimum Gasteiger partial charge on any atom is -0.374 e. The zero-order valence-electron chi connectivity index (χ0n) is 17.4. The van der Waals surface area contributed by atoms with Crippen LogP contribution in [-0.4, -0.2) is 36.3 Å². The lowest BCUT2D eigenvalue weighted by atomic mass is 10.1. The van der Waals surface area contributed by atoms with Crippen LogP contribution in [0.5, 0.6) is 0 Å². The molecule has 0 bridgehead atoms. The minimum absolute atomic E-state index is 0.302. The predicted molar refractivity (Wildman–Crippen MR) is 117 cm³/mol. The lowest BCUT2D eigenvalue weighted by molar-refractivity contribution is -0.153. The van der Waals surface area contributed by atoms with Gasteiger partial charge in [-0.15, -0.1) is 0 Å². The molecule has 1 saturated heterocycles. The fourth-order valence-electron chi connectivity index (χ4n) is 3.62. The van der Waals surface area contributed by atoms with Crippen LogP contribution in [0.2, 0.25) is 0 Å². The van der Waals surface area contributed by atoms with E-state index in [2.05, 4.69) is 0 Å². The number of benzene rings is 3. The molecule has 0 amide bonds. The van der Waals surface area contributed by atoms with Crippen LogP contribution in [0.15, 0.2) is 91.0 Å². The van der Waals surface area contributed by atoms with Crippen molar-refractivity contribution < 1.29 is 24.1 Å². The molecule has 5 heteroatoms. The van der Waals surface area contributed by atoms with Crippen molar-refractivity contribution in [3.05, 3.63) is 108 Å². The molecular weight excluding hydrogens is 392 g/mol. The van der Waals surface area contributed by atoms with Gasteiger partial charge < -0.3 is 24.1 Å². The summed E-state index contributed by atoms with van der Waals surface area (Å²) < 4.78 is 23.9. The molecule has 1 unspecified atom stereocenters. The second-order valence-corrected chi connectivity index (χ2v) is 7.59. The summed E-state index contributed by atoms with van der Waals surface area (Å²) in [5, 5.41) is 10.5. The zero-order chi connectivity index (χ0) is 21.3. The number of ether oxygens (including phenoxy) is 4. The quantitative estimate of drug-likeness (QED) is 0.535.